The molecule has 2 aromatic carbocycles. The summed E-state index contributed by atoms with van der Waals surface area (Å²) >= 11 is 0. The van der Waals surface area contributed by atoms with E-state index in [1.807, 2.05) is 39.0 Å². The van der Waals surface area contributed by atoms with Crippen molar-refractivity contribution in [1.82, 2.24) is 4.90 Å². The van der Waals surface area contributed by atoms with Crippen LogP contribution in [0, 0.1) is 11.6 Å². The van der Waals surface area contributed by atoms with Gasteiger partial charge in [0.05, 0.1) is 13.2 Å². The smallest absolute Gasteiger partial charge is 0.409 e. The Balaban J connectivity index is 0.000000242. The second kappa shape index (κ2) is 9.15. The highest BCUT2D eigenvalue weighted by molar-refractivity contribution is 5.69. The molecule has 2 aromatic rings. The van der Waals surface area contributed by atoms with Crippen molar-refractivity contribution in [3.8, 4) is 11.1 Å². The summed E-state index contributed by atoms with van der Waals surface area (Å²) in [6.07, 6.45) is 0.468. The first-order valence-electron chi connectivity index (χ1n) is 9.12. The van der Waals surface area contributed by atoms with Crippen LogP contribution in [-0.2, 0) is 22.5 Å². The maximum atomic E-state index is 13.8. The second-order valence-corrected chi connectivity index (χ2v) is 7.74. The standard InChI is InChI=1S/C15H12F2O.C7H15NO2/c16-11-4-5-14(15(17)8-11)13-3-1-2-10-9-18-7-6-12(10)13;1-7(2,3)10-6(9)8(4)5/h1-5,8H,6-7,9H2;1-5H3. The maximum absolute atomic E-state index is 13.8. The molecule has 0 radical (unpaired) electrons. The van der Waals surface area contributed by atoms with Gasteiger partial charge in [0.2, 0.25) is 0 Å². The molecular weight excluding hydrogens is 364 g/mol. The lowest BCUT2D eigenvalue weighted by atomic mass is 9.92. The number of amides is 1. The zero-order valence-corrected chi connectivity index (χ0v) is 17.0. The Labute approximate surface area is 165 Å². The van der Waals surface area contributed by atoms with E-state index in [2.05, 4.69) is 0 Å². The van der Waals surface area contributed by atoms with Gasteiger partial charge in [-0.3, -0.25) is 0 Å². The summed E-state index contributed by atoms with van der Waals surface area (Å²) in [6.45, 7) is 6.73. The monoisotopic (exact) mass is 391 g/mol. The van der Waals surface area contributed by atoms with Crippen LogP contribution in [0.1, 0.15) is 31.9 Å². The molecule has 0 aliphatic carbocycles. The molecule has 28 heavy (non-hydrogen) atoms. The van der Waals surface area contributed by atoms with Gasteiger partial charge in [0.1, 0.15) is 17.2 Å². The predicted molar refractivity (Wildman–Crippen MR) is 105 cm³/mol. The van der Waals surface area contributed by atoms with Crippen LogP contribution in [0.4, 0.5) is 13.6 Å². The number of carbonyl (C=O) groups excluding carboxylic acids is 1. The van der Waals surface area contributed by atoms with Gasteiger partial charge < -0.3 is 14.4 Å². The largest absolute Gasteiger partial charge is 0.444 e. The minimum atomic E-state index is -0.551. The molecule has 4 nitrogen and oxygen atoms in total. The number of hydrogen-bond acceptors (Lipinski definition) is 3. The summed E-state index contributed by atoms with van der Waals surface area (Å²) in [6, 6.07) is 9.45. The summed E-state index contributed by atoms with van der Waals surface area (Å²) in [5.74, 6) is -1.07. The van der Waals surface area contributed by atoms with Crippen molar-refractivity contribution >= 4 is 6.09 Å². The van der Waals surface area contributed by atoms with Gasteiger partial charge >= 0.3 is 6.09 Å². The average molecular weight is 391 g/mol. The van der Waals surface area contributed by atoms with Crippen LogP contribution in [0.2, 0.25) is 0 Å². The van der Waals surface area contributed by atoms with E-state index in [0.717, 1.165) is 29.2 Å². The van der Waals surface area contributed by atoms with E-state index in [-0.39, 0.29) is 11.7 Å². The lowest BCUT2D eigenvalue weighted by molar-refractivity contribution is 0.0341. The molecule has 152 valence electrons. The Morgan fingerprint density at radius 3 is 2.39 bits per heavy atom. The highest BCUT2D eigenvalue weighted by Crippen LogP contribution is 2.31. The third-order valence-electron chi connectivity index (χ3n) is 4.01. The summed E-state index contributed by atoms with van der Waals surface area (Å²) < 4.78 is 37.1. The molecule has 0 saturated carbocycles. The minimum absolute atomic E-state index is 0.299. The lowest BCUT2D eigenvalue weighted by Crippen LogP contribution is -2.31. The molecule has 0 spiro atoms. The van der Waals surface area contributed by atoms with Crippen molar-refractivity contribution in [2.75, 3.05) is 20.7 Å². The quantitative estimate of drug-likeness (QED) is 0.672. The molecule has 3 rings (SSSR count). The van der Waals surface area contributed by atoms with Gasteiger partial charge in [0, 0.05) is 25.7 Å². The van der Waals surface area contributed by atoms with Gasteiger partial charge in [-0.15, -0.1) is 0 Å². The fourth-order valence-electron chi connectivity index (χ4n) is 2.73. The average Bonchev–Trinajstić information content (AvgIpc) is 2.60. The summed E-state index contributed by atoms with van der Waals surface area (Å²) in [7, 11) is 3.32. The number of ether oxygens (including phenoxy) is 2. The molecule has 0 saturated heterocycles. The first-order chi connectivity index (χ1) is 13.1. The molecule has 1 heterocycles. The van der Waals surface area contributed by atoms with E-state index >= 15 is 0 Å². The highest BCUT2D eigenvalue weighted by Gasteiger charge is 2.17. The van der Waals surface area contributed by atoms with E-state index in [1.165, 1.54) is 17.0 Å². The van der Waals surface area contributed by atoms with Gasteiger partial charge in [0.25, 0.3) is 0 Å². The Morgan fingerprint density at radius 1 is 1.11 bits per heavy atom. The van der Waals surface area contributed by atoms with E-state index in [9.17, 15) is 13.6 Å². The Bertz CT molecular complexity index is 829. The fourth-order valence-corrected chi connectivity index (χ4v) is 2.73. The molecule has 1 amide bonds. The van der Waals surface area contributed by atoms with Crippen LogP contribution in [0.25, 0.3) is 11.1 Å². The van der Waals surface area contributed by atoms with E-state index in [1.54, 1.807) is 14.1 Å². The Hall–Kier alpha value is -2.47. The van der Waals surface area contributed by atoms with Crippen LogP contribution in [0.5, 0.6) is 0 Å². The van der Waals surface area contributed by atoms with Crippen molar-refractivity contribution < 1.29 is 23.0 Å². The third kappa shape index (κ3) is 6.02. The van der Waals surface area contributed by atoms with Gasteiger partial charge in [-0.2, -0.15) is 0 Å². The van der Waals surface area contributed by atoms with E-state index in [4.69, 9.17) is 9.47 Å². The van der Waals surface area contributed by atoms with Gasteiger partial charge in [-0.25, -0.2) is 13.6 Å². The SMILES string of the molecule is CN(C)C(=O)OC(C)(C)C.Fc1ccc(-c2cccc3c2CCOC3)c(F)c1. The number of hydrogen-bond donors (Lipinski definition) is 0. The molecular formula is C22H27F2NO3. The Morgan fingerprint density at radius 2 is 1.82 bits per heavy atom. The van der Waals surface area contributed by atoms with Crippen LogP contribution in [0.15, 0.2) is 36.4 Å². The maximum Gasteiger partial charge on any atom is 0.409 e. The normalized spacial score (nSPS) is 13.1. The van der Waals surface area contributed by atoms with Crippen molar-refractivity contribution in [2.45, 2.75) is 39.4 Å². The molecule has 0 bridgehead atoms. The Kier molecular flexibility index (Phi) is 7.13. The molecule has 1 aliphatic rings. The van der Waals surface area contributed by atoms with Crippen LogP contribution < -0.4 is 0 Å². The number of halogens is 2. The number of nitrogens with zero attached hydrogens (tertiary/aromatic N) is 1. The molecule has 0 N–H and O–H groups in total. The topological polar surface area (TPSA) is 38.8 Å². The van der Waals surface area contributed by atoms with Crippen molar-refractivity contribution in [3.05, 3.63) is 59.2 Å². The van der Waals surface area contributed by atoms with Gasteiger partial charge in [-0.1, -0.05) is 18.2 Å². The molecule has 0 atom stereocenters. The summed E-state index contributed by atoms with van der Waals surface area (Å²) in [4.78, 5) is 12.3. The van der Waals surface area contributed by atoms with Crippen LogP contribution in [-0.4, -0.2) is 37.3 Å². The van der Waals surface area contributed by atoms with Crippen LogP contribution >= 0.6 is 0 Å². The lowest BCUT2D eigenvalue weighted by Gasteiger charge is -2.22. The van der Waals surface area contributed by atoms with Gasteiger partial charge in [-0.05, 0) is 56.0 Å². The van der Waals surface area contributed by atoms with Crippen molar-refractivity contribution in [1.29, 1.82) is 0 Å². The predicted octanol–water partition coefficient (Wildman–Crippen LogP) is 5.19. The molecule has 0 fully saturated rings. The first kappa shape index (κ1) is 21.8. The van der Waals surface area contributed by atoms with Crippen molar-refractivity contribution in [3.63, 3.8) is 0 Å². The second-order valence-electron chi connectivity index (χ2n) is 7.74. The number of carbonyl (C=O) groups is 1. The number of benzene rings is 2. The first-order valence-corrected chi connectivity index (χ1v) is 9.12. The van der Waals surface area contributed by atoms with Gasteiger partial charge in [0.15, 0.2) is 0 Å². The summed E-state index contributed by atoms with van der Waals surface area (Å²) in [5.41, 5.74) is 3.10. The molecule has 0 unspecified atom stereocenters. The fraction of sp³-hybridized carbons (Fsp3) is 0.409. The molecule has 6 heteroatoms. The zero-order chi connectivity index (χ0) is 20.9. The van der Waals surface area contributed by atoms with E-state index < -0.39 is 11.6 Å². The zero-order valence-electron chi connectivity index (χ0n) is 17.0. The highest BCUT2D eigenvalue weighted by atomic mass is 19.1. The van der Waals surface area contributed by atoms with Crippen LogP contribution in [0.3, 0.4) is 0 Å². The summed E-state index contributed by atoms with van der Waals surface area (Å²) in [5, 5.41) is 0. The van der Waals surface area contributed by atoms with Crippen molar-refractivity contribution in [2.24, 2.45) is 0 Å². The van der Waals surface area contributed by atoms with E-state index in [0.29, 0.717) is 18.8 Å². The number of rotatable bonds is 1. The molecule has 1 aliphatic heterocycles. The molecule has 0 aromatic heterocycles. The minimum Gasteiger partial charge on any atom is -0.444 e. The number of fused-ring (bicyclic) bond motifs is 1. The third-order valence-corrected chi connectivity index (χ3v) is 4.01.